The van der Waals surface area contributed by atoms with Crippen molar-refractivity contribution in [2.45, 2.75) is 69.9 Å². The van der Waals surface area contributed by atoms with Gasteiger partial charge in [0.15, 0.2) is 0 Å². The third-order valence-electron chi connectivity index (χ3n) is 9.07. The number of anilines is 1. The number of hydrogen-bond donors (Lipinski definition) is 1. The van der Waals surface area contributed by atoms with Gasteiger partial charge >= 0.3 is 5.97 Å². The number of aromatic nitrogens is 2. The molecule has 0 radical (unpaired) electrons. The highest BCUT2D eigenvalue weighted by Crippen LogP contribution is 2.38. The molecule has 2 saturated heterocycles. The Morgan fingerprint density at radius 2 is 2.00 bits per heavy atom. The molecule has 3 fully saturated rings. The van der Waals surface area contributed by atoms with Crippen LogP contribution in [-0.4, -0.2) is 82.2 Å². The summed E-state index contributed by atoms with van der Waals surface area (Å²) in [6, 6.07) is 8.96. The van der Waals surface area contributed by atoms with Crippen LogP contribution in [0.15, 0.2) is 42.9 Å². The lowest BCUT2D eigenvalue weighted by atomic mass is 9.80. The van der Waals surface area contributed by atoms with Crippen LogP contribution in [0.2, 0.25) is 0 Å². The summed E-state index contributed by atoms with van der Waals surface area (Å²) < 4.78 is 14.2. The minimum absolute atomic E-state index is 0.143. The Morgan fingerprint density at radius 3 is 2.63 bits per heavy atom. The van der Waals surface area contributed by atoms with Crippen LogP contribution in [-0.2, 0) is 4.79 Å². The molecule has 2 aromatic rings. The van der Waals surface area contributed by atoms with Crippen molar-refractivity contribution in [3.8, 4) is 0 Å². The van der Waals surface area contributed by atoms with Gasteiger partial charge in [0.1, 0.15) is 24.0 Å². The zero-order valence-electron chi connectivity index (χ0n) is 22.6. The maximum atomic E-state index is 14.2. The van der Waals surface area contributed by atoms with Crippen LogP contribution in [0.5, 0.6) is 0 Å². The highest BCUT2D eigenvalue weighted by molar-refractivity contribution is 5.73. The summed E-state index contributed by atoms with van der Waals surface area (Å²) in [5.41, 5.74) is 0.998. The average Bonchev–Trinajstić information content (AvgIpc) is 3.30. The summed E-state index contributed by atoms with van der Waals surface area (Å²) in [5, 5.41) is 10.1. The third-order valence-corrected chi connectivity index (χ3v) is 9.07. The molecule has 5 rings (SSSR count). The van der Waals surface area contributed by atoms with Gasteiger partial charge in [0, 0.05) is 57.4 Å². The number of piperidine rings is 1. The molecule has 7 nitrogen and oxygen atoms in total. The van der Waals surface area contributed by atoms with E-state index in [1.54, 1.807) is 18.5 Å². The second kappa shape index (κ2) is 12.5. The summed E-state index contributed by atoms with van der Waals surface area (Å²) in [4.78, 5) is 28.1. The highest BCUT2D eigenvalue weighted by atomic mass is 19.1. The number of nitrogens with zero attached hydrogens (tertiary/aromatic N) is 5. The molecule has 206 valence electrons. The highest BCUT2D eigenvalue weighted by Gasteiger charge is 2.41. The fraction of sp³-hybridized carbons (Fsp3) is 0.633. The Kier molecular flexibility index (Phi) is 8.89. The number of benzene rings is 1. The van der Waals surface area contributed by atoms with Crippen LogP contribution in [0.3, 0.4) is 0 Å². The first-order valence-corrected chi connectivity index (χ1v) is 14.5. The SMILES string of the molecule is CCCN(c1ccncn1)C1CCN(C[C@H]2CN([C@H](CC3CCC3)C(=O)O)C[C@@H]2c2cccc(F)c2)CC1. The predicted molar refractivity (Wildman–Crippen MR) is 147 cm³/mol. The zero-order valence-corrected chi connectivity index (χ0v) is 22.6. The first-order chi connectivity index (χ1) is 18.5. The molecule has 0 bridgehead atoms. The van der Waals surface area contributed by atoms with Gasteiger partial charge in [-0.25, -0.2) is 14.4 Å². The summed E-state index contributed by atoms with van der Waals surface area (Å²) in [7, 11) is 0. The number of carboxylic acids is 1. The van der Waals surface area contributed by atoms with Gasteiger partial charge in [0.2, 0.25) is 0 Å². The van der Waals surface area contributed by atoms with E-state index in [1.807, 2.05) is 18.3 Å². The lowest BCUT2D eigenvalue weighted by molar-refractivity contribution is -0.144. The third kappa shape index (κ3) is 6.34. The van der Waals surface area contributed by atoms with Crippen LogP contribution in [0.4, 0.5) is 10.2 Å². The van der Waals surface area contributed by atoms with Crippen molar-refractivity contribution in [3.63, 3.8) is 0 Å². The van der Waals surface area contributed by atoms with Crippen molar-refractivity contribution in [3.05, 3.63) is 54.2 Å². The summed E-state index contributed by atoms with van der Waals surface area (Å²) in [5.74, 6) is 1.03. The molecule has 0 unspecified atom stereocenters. The molecule has 1 aromatic carbocycles. The van der Waals surface area contributed by atoms with E-state index in [2.05, 4.69) is 31.6 Å². The predicted octanol–water partition coefficient (Wildman–Crippen LogP) is 4.66. The lowest BCUT2D eigenvalue weighted by Crippen LogP contribution is -2.47. The van der Waals surface area contributed by atoms with Crippen LogP contribution >= 0.6 is 0 Å². The van der Waals surface area contributed by atoms with Gasteiger partial charge in [-0.05, 0) is 61.3 Å². The maximum Gasteiger partial charge on any atom is 0.320 e. The molecule has 1 saturated carbocycles. The second-order valence-corrected chi connectivity index (χ2v) is 11.6. The Labute approximate surface area is 226 Å². The Morgan fingerprint density at radius 1 is 1.18 bits per heavy atom. The van der Waals surface area contributed by atoms with E-state index < -0.39 is 12.0 Å². The molecule has 8 heteroatoms. The number of likely N-dealkylation sites (tertiary alicyclic amines) is 2. The van der Waals surface area contributed by atoms with Gasteiger partial charge in [-0.1, -0.05) is 38.3 Å². The molecule has 0 amide bonds. The Bertz CT molecular complexity index is 1040. The van der Waals surface area contributed by atoms with E-state index >= 15 is 0 Å². The van der Waals surface area contributed by atoms with Gasteiger partial charge in [0.25, 0.3) is 0 Å². The van der Waals surface area contributed by atoms with Crippen LogP contribution < -0.4 is 4.90 Å². The van der Waals surface area contributed by atoms with Crippen molar-refractivity contribution in [1.82, 2.24) is 19.8 Å². The largest absolute Gasteiger partial charge is 0.480 e. The van der Waals surface area contributed by atoms with E-state index in [4.69, 9.17) is 0 Å². The molecule has 0 spiro atoms. The number of carbonyl (C=O) groups is 1. The molecule has 3 heterocycles. The van der Waals surface area contributed by atoms with Crippen molar-refractivity contribution in [2.24, 2.45) is 11.8 Å². The molecular weight excluding hydrogens is 481 g/mol. The standard InChI is InChI=1S/C30H42FN5O2/c1-2-13-36(29-9-12-32-21-33-29)26-10-14-34(15-11-26)18-24-19-35(28(30(37)38)16-22-5-3-6-22)20-27(24)23-7-4-8-25(31)17-23/h4,7-9,12,17,21-22,24,26-28H,2-3,5-6,10-11,13-16,18-20H2,1H3,(H,37,38)/t24-,27+,28+/m0/s1. The zero-order chi connectivity index (χ0) is 26.5. The summed E-state index contributed by atoms with van der Waals surface area (Å²) in [6.45, 7) is 7.57. The number of carboxylic acid groups (broad SMARTS) is 1. The van der Waals surface area contributed by atoms with Gasteiger partial charge in [0.05, 0.1) is 0 Å². The van der Waals surface area contributed by atoms with Crippen LogP contribution in [0.25, 0.3) is 0 Å². The quantitative estimate of drug-likeness (QED) is 0.459. The van der Waals surface area contributed by atoms with Gasteiger partial charge in [-0.3, -0.25) is 9.69 Å². The molecular formula is C30H42FN5O2. The maximum absolute atomic E-state index is 14.2. The number of halogens is 1. The van der Waals surface area contributed by atoms with Crippen LogP contribution in [0.1, 0.15) is 63.4 Å². The monoisotopic (exact) mass is 523 g/mol. The first-order valence-electron chi connectivity index (χ1n) is 14.5. The molecule has 1 N–H and O–H groups in total. The molecule has 2 aliphatic heterocycles. The second-order valence-electron chi connectivity index (χ2n) is 11.6. The molecule has 38 heavy (non-hydrogen) atoms. The van der Waals surface area contributed by atoms with Crippen LogP contribution in [0, 0.1) is 17.7 Å². The topological polar surface area (TPSA) is 72.8 Å². The Balaban J connectivity index is 1.26. The van der Waals surface area contributed by atoms with Crippen molar-refractivity contribution in [1.29, 1.82) is 0 Å². The lowest BCUT2D eigenvalue weighted by Gasteiger charge is -2.40. The van der Waals surface area contributed by atoms with Gasteiger partial charge < -0.3 is 14.9 Å². The first kappa shape index (κ1) is 27.0. The minimum atomic E-state index is -0.711. The number of rotatable bonds is 11. The van der Waals surface area contributed by atoms with E-state index in [-0.39, 0.29) is 17.7 Å². The van der Waals surface area contributed by atoms with E-state index in [9.17, 15) is 14.3 Å². The molecule has 1 aliphatic carbocycles. The molecule has 1 aromatic heterocycles. The molecule has 3 atom stereocenters. The smallest absolute Gasteiger partial charge is 0.320 e. The summed E-state index contributed by atoms with van der Waals surface area (Å²) in [6.07, 6.45) is 10.9. The van der Waals surface area contributed by atoms with E-state index in [0.29, 0.717) is 18.5 Å². The van der Waals surface area contributed by atoms with Crippen molar-refractivity contribution >= 4 is 11.8 Å². The van der Waals surface area contributed by atoms with Gasteiger partial charge in [-0.2, -0.15) is 0 Å². The van der Waals surface area contributed by atoms with Gasteiger partial charge in [-0.15, -0.1) is 0 Å². The Hall–Kier alpha value is -2.58. The van der Waals surface area contributed by atoms with E-state index in [0.717, 1.165) is 82.6 Å². The average molecular weight is 524 g/mol. The fourth-order valence-corrected chi connectivity index (χ4v) is 6.83. The number of aliphatic carboxylic acids is 1. The van der Waals surface area contributed by atoms with E-state index in [1.165, 1.54) is 12.5 Å². The molecule has 3 aliphatic rings. The fourth-order valence-electron chi connectivity index (χ4n) is 6.83. The normalized spacial score (nSPS) is 24.3. The number of hydrogen-bond acceptors (Lipinski definition) is 6. The summed E-state index contributed by atoms with van der Waals surface area (Å²) >= 11 is 0. The van der Waals surface area contributed by atoms with Crippen molar-refractivity contribution in [2.75, 3.05) is 44.2 Å². The van der Waals surface area contributed by atoms with Crippen molar-refractivity contribution < 1.29 is 14.3 Å². The minimum Gasteiger partial charge on any atom is -0.480 e.